The minimum absolute atomic E-state index is 0.0189. The number of carboxylic acids is 1. The first-order valence-electron chi connectivity index (χ1n) is 6.60. The van der Waals surface area contributed by atoms with Gasteiger partial charge in [-0.05, 0) is 54.5 Å². The summed E-state index contributed by atoms with van der Waals surface area (Å²) in [6, 6.07) is 0. The Morgan fingerprint density at radius 3 is 2.42 bits per heavy atom. The molecule has 1 aromatic rings. The lowest BCUT2D eigenvalue weighted by atomic mass is 9.81. The molecule has 0 spiro atoms. The van der Waals surface area contributed by atoms with Crippen molar-refractivity contribution in [2.24, 2.45) is 11.8 Å². The molecule has 0 atom stereocenters. The van der Waals surface area contributed by atoms with Gasteiger partial charge in [0.25, 0.3) is 0 Å². The van der Waals surface area contributed by atoms with Gasteiger partial charge in [-0.1, -0.05) is 0 Å². The maximum atomic E-state index is 12.0. The van der Waals surface area contributed by atoms with E-state index in [-0.39, 0.29) is 17.7 Å². The molecule has 0 radical (unpaired) electrons. The Bertz CT molecular complexity index is 461. The monoisotopic (exact) mass is 281 g/mol. The first-order chi connectivity index (χ1) is 9.08. The first-order valence-corrected chi connectivity index (χ1v) is 7.54. The molecule has 1 aliphatic carbocycles. The molecule has 1 aliphatic rings. The summed E-state index contributed by atoms with van der Waals surface area (Å²) in [5.74, 6) is -0.945. The number of aliphatic carboxylic acids is 1. The standard InChI is InChI=1S/C14H19NO3S/c1-9-7-19-8-12(9)6-15-13(16)10-2-4-11(5-3-10)14(17)18/h7-8,10-11H,2-6H2,1H3,(H,15,16)(H,17,18). The largest absolute Gasteiger partial charge is 0.481 e. The van der Waals surface area contributed by atoms with Crippen molar-refractivity contribution in [3.63, 3.8) is 0 Å². The van der Waals surface area contributed by atoms with Gasteiger partial charge in [0.2, 0.25) is 5.91 Å². The van der Waals surface area contributed by atoms with E-state index in [4.69, 9.17) is 5.11 Å². The molecular formula is C14H19NO3S. The van der Waals surface area contributed by atoms with Crippen molar-refractivity contribution in [1.82, 2.24) is 5.32 Å². The number of thiophene rings is 1. The van der Waals surface area contributed by atoms with Crippen molar-refractivity contribution in [2.75, 3.05) is 0 Å². The molecule has 0 saturated heterocycles. The van der Waals surface area contributed by atoms with Crippen molar-refractivity contribution in [3.8, 4) is 0 Å². The van der Waals surface area contributed by atoms with Gasteiger partial charge in [0.05, 0.1) is 5.92 Å². The van der Waals surface area contributed by atoms with Gasteiger partial charge in [0, 0.05) is 12.5 Å². The zero-order valence-electron chi connectivity index (χ0n) is 11.0. The fraction of sp³-hybridized carbons (Fsp3) is 0.571. The van der Waals surface area contributed by atoms with E-state index < -0.39 is 5.97 Å². The van der Waals surface area contributed by atoms with Crippen molar-refractivity contribution in [3.05, 3.63) is 21.9 Å². The van der Waals surface area contributed by atoms with Crippen molar-refractivity contribution < 1.29 is 14.7 Å². The number of aryl methyl sites for hydroxylation is 1. The Hall–Kier alpha value is -1.36. The minimum atomic E-state index is -0.729. The predicted octanol–water partition coefficient (Wildman–Crippen LogP) is 2.56. The molecule has 1 amide bonds. The molecule has 0 aromatic carbocycles. The molecule has 1 heterocycles. The zero-order chi connectivity index (χ0) is 13.8. The molecule has 1 fully saturated rings. The summed E-state index contributed by atoms with van der Waals surface area (Å²) in [6.45, 7) is 2.61. The Kier molecular flexibility index (Phi) is 4.58. The minimum Gasteiger partial charge on any atom is -0.481 e. The van der Waals surface area contributed by atoms with Gasteiger partial charge in [-0.15, -0.1) is 0 Å². The quantitative estimate of drug-likeness (QED) is 0.891. The maximum absolute atomic E-state index is 12.0. The van der Waals surface area contributed by atoms with Crippen molar-refractivity contribution >= 4 is 23.2 Å². The van der Waals surface area contributed by atoms with Gasteiger partial charge >= 0.3 is 5.97 Å². The molecule has 19 heavy (non-hydrogen) atoms. The number of nitrogens with one attached hydrogen (secondary N) is 1. The molecule has 2 rings (SSSR count). The second kappa shape index (κ2) is 6.19. The summed E-state index contributed by atoms with van der Waals surface area (Å²) in [6.07, 6.45) is 2.60. The summed E-state index contributed by atoms with van der Waals surface area (Å²) in [5.41, 5.74) is 2.37. The van der Waals surface area contributed by atoms with Crippen LogP contribution in [0.5, 0.6) is 0 Å². The topological polar surface area (TPSA) is 66.4 Å². The van der Waals surface area contributed by atoms with Crippen LogP contribution in [0.3, 0.4) is 0 Å². The molecule has 104 valence electrons. The van der Waals surface area contributed by atoms with Gasteiger partial charge in [0.1, 0.15) is 0 Å². The van der Waals surface area contributed by atoms with Gasteiger partial charge < -0.3 is 10.4 Å². The van der Waals surface area contributed by atoms with E-state index in [0.29, 0.717) is 32.2 Å². The summed E-state index contributed by atoms with van der Waals surface area (Å²) >= 11 is 1.64. The molecule has 5 heteroatoms. The van der Waals surface area contributed by atoms with Crippen LogP contribution in [-0.4, -0.2) is 17.0 Å². The molecule has 1 saturated carbocycles. The Balaban J connectivity index is 1.79. The van der Waals surface area contributed by atoms with E-state index >= 15 is 0 Å². The summed E-state index contributed by atoms with van der Waals surface area (Å²) < 4.78 is 0. The van der Waals surface area contributed by atoms with Crippen LogP contribution in [0, 0.1) is 18.8 Å². The number of hydrogen-bond donors (Lipinski definition) is 2. The van der Waals surface area contributed by atoms with Crippen LogP contribution in [0.1, 0.15) is 36.8 Å². The van der Waals surface area contributed by atoms with E-state index in [1.807, 2.05) is 6.92 Å². The number of carbonyl (C=O) groups is 2. The third kappa shape index (κ3) is 3.56. The van der Waals surface area contributed by atoms with E-state index in [1.165, 1.54) is 5.56 Å². The lowest BCUT2D eigenvalue weighted by Crippen LogP contribution is -2.34. The number of amides is 1. The zero-order valence-corrected chi connectivity index (χ0v) is 11.8. The van der Waals surface area contributed by atoms with E-state index in [9.17, 15) is 9.59 Å². The summed E-state index contributed by atoms with van der Waals surface area (Å²) in [4.78, 5) is 22.9. The molecule has 1 aromatic heterocycles. The van der Waals surface area contributed by atoms with Crippen LogP contribution in [0.15, 0.2) is 10.8 Å². The highest BCUT2D eigenvalue weighted by atomic mass is 32.1. The average molecular weight is 281 g/mol. The Labute approximate surface area is 116 Å². The summed E-state index contributed by atoms with van der Waals surface area (Å²) in [7, 11) is 0. The van der Waals surface area contributed by atoms with Crippen molar-refractivity contribution in [1.29, 1.82) is 0 Å². The SMILES string of the molecule is Cc1cscc1CNC(=O)C1CCC(C(=O)O)CC1. The molecule has 0 bridgehead atoms. The van der Waals surface area contributed by atoms with Crippen LogP contribution in [-0.2, 0) is 16.1 Å². The Morgan fingerprint density at radius 1 is 1.26 bits per heavy atom. The fourth-order valence-corrected chi connectivity index (χ4v) is 3.35. The maximum Gasteiger partial charge on any atom is 0.306 e. The molecule has 2 N–H and O–H groups in total. The van der Waals surface area contributed by atoms with Gasteiger partial charge in [-0.2, -0.15) is 11.3 Å². The third-order valence-electron chi connectivity index (χ3n) is 3.86. The van der Waals surface area contributed by atoms with Crippen LogP contribution >= 0.6 is 11.3 Å². The second-order valence-electron chi connectivity index (χ2n) is 5.18. The molecule has 4 nitrogen and oxygen atoms in total. The lowest BCUT2D eigenvalue weighted by Gasteiger charge is -2.25. The molecule has 0 unspecified atom stereocenters. The average Bonchev–Trinajstić information content (AvgIpc) is 2.81. The van der Waals surface area contributed by atoms with Crippen LogP contribution in [0.4, 0.5) is 0 Å². The predicted molar refractivity (Wildman–Crippen MR) is 74.0 cm³/mol. The smallest absolute Gasteiger partial charge is 0.306 e. The highest BCUT2D eigenvalue weighted by Crippen LogP contribution is 2.29. The van der Waals surface area contributed by atoms with Gasteiger partial charge in [-0.3, -0.25) is 9.59 Å². The first kappa shape index (κ1) is 14.1. The number of hydrogen-bond acceptors (Lipinski definition) is 3. The summed E-state index contributed by atoms with van der Waals surface area (Å²) in [5, 5.41) is 16.0. The second-order valence-corrected chi connectivity index (χ2v) is 5.93. The van der Waals surface area contributed by atoms with E-state index in [1.54, 1.807) is 11.3 Å². The molecule has 0 aliphatic heterocycles. The van der Waals surface area contributed by atoms with Gasteiger partial charge in [0.15, 0.2) is 0 Å². The number of rotatable bonds is 4. The highest BCUT2D eigenvalue weighted by molar-refractivity contribution is 7.08. The fourth-order valence-electron chi connectivity index (χ4n) is 2.50. The normalized spacial score (nSPS) is 23.0. The van der Waals surface area contributed by atoms with E-state index in [2.05, 4.69) is 16.1 Å². The molecular weight excluding hydrogens is 262 g/mol. The van der Waals surface area contributed by atoms with Crippen LogP contribution in [0.2, 0.25) is 0 Å². The highest BCUT2D eigenvalue weighted by Gasteiger charge is 2.29. The van der Waals surface area contributed by atoms with Crippen molar-refractivity contribution in [2.45, 2.75) is 39.2 Å². The lowest BCUT2D eigenvalue weighted by molar-refractivity contribution is -0.144. The van der Waals surface area contributed by atoms with Crippen LogP contribution in [0.25, 0.3) is 0 Å². The number of carbonyl (C=O) groups excluding carboxylic acids is 1. The van der Waals surface area contributed by atoms with Gasteiger partial charge in [-0.25, -0.2) is 0 Å². The van der Waals surface area contributed by atoms with E-state index in [0.717, 1.165) is 5.56 Å². The van der Waals surface area contributed by atoms with Crippen LogP contribution < -0.4 is 5.32 Å². The number of carboxylic acid groups (broad SMARTS) is 1. The third-order valence-corrected chi connectivity index (χ3v) is 4.77. The Morgan fingerprint density at radius 2 is 1.89 bits per heavy atom.